The summed E-state index contributed by atoms with van der Waals surface area (Å²) in [5.74, 6) is 0.715. The molecule has 0 aliphatic carbocycles. The highest BCUT2D eigenvalue weighted by atomic mass is 16.1. The van der Waals surface area contributed by atoms with Crippen molar-refractivity contribution < 1.29 is 0 Å². The second-order valence-corrected chi connectivity index (χ2v) is 7.58. The summed E-state index contributed by atoms with van der Waals surface area (Å²) < 4.78 is 3.97. The first kappa shape index (κ1) is 17.8. The van der Waals surface area contributed by atoms with Gasteiger partial charge in [-0.3, -0.25) is 9.36 Å². The van der Waals surface area contributed by atoms with Crippen LogP contribution >= 0.6 is 0 Å². The summed E-state index contributed by atoms with van der Waals surface area (Å²) in [6, 6.07) is 9.89. The number of fused-ring (bicyclic) bond motifs is 3. The van der Waals surface area contributed by atoms with E-state index < -0.39 is 0 Å². The molecule has 6 heteroatoms. The van der Waals surface area contributed by atoms with Crippen LogP contribution in [-0.4, -0.2) is 32.2 Å². The summed E-state index contributed by atoms with van der Waals surface area (Å²) in [7, 11) is 2.12. The van der Waals surface area contributed by atoms with E-state index in [0.717, 1.165) is 42.7 Å². The zero-order valence-corrected chi connectivity index (χ0v) is 16.6. The largest absolute Gasteiger partial charge is 0.347 e. The molecule has 3 aromatic heterocycles. The number of nitrogens with zero attached hydrogens (tertiary/aromatic N) is 4. The van der Waals surface area contributed by atoms with Gasteiger partial charge in [0.05, 0.1) is 11.2 Å². The molecule has 0 atom stereocenters. The highest BCUT2D eigenvalue weighted by Crippen LogP contribution is 2.29. The smallest absolute Gasteiger partial charge is 0.255 e. The average molecular weight is 385 g/mol. The molecule has 4 heterocycles. The van der Waals surface area contributed by atoms with Gasteiger partial charge in [0.1, 0.15) is 5.82 Å². The van der Waals surface area contributed by atoms with Crippen molar-refractivity contribution in [2.75, 3.05) is 13.1 Å². The summed E-state index contributed by atoms with van der Waals surface area (Å²) >= 11 is 0. The fourth-order valence-electron chi connectivity index (χ4n) is 4.26. The van der Waals surface area contributed by atoms with Crippen molar-refractivity contribution in [3.8, 4) is 16.8 Å². The maximum atomic E-state index is 12.8. The molecule has 0 unspecified atom stereocenters. The normalized spacial score (nSPS) is 14.0. The number of rotatable bonds is 2. The van der Waals surface area contributed by atoms with Crippen LogP contribution in [0.5, 0.6) is 0 Å². The first-order valence-electron chi connectivity index (χ1n) is 9.95. The summed E-state index contributed by atoms with van der Waals surface area (Å²) in [6.07, 6.45) is 7.40. The predicted octanol–water partition coefficient (Wildman–Crippen LogP) is 2.78. The minimum atomic E-state index is -0.0672. The average Bonchev–Trinajstić information content (AvgIpc) is 2.89. The third kappa shape index (κ3) is 3.06. The zero-order valence-electron chi connectivity index (χ0n) is 16.6. The Hall–Kier alpha value is -3.25. The zero-order chi connectivity index (χ0) is 20.0. The van der Waals surface area contributed by atoms with Gasteiger partial charge in [0.2, 0.25) is 0 Å². The Morgan fingerprint density at radius 3 is 2.59 bits per heavy atom. The van der Waals surface area contributed by atoms with Gasteiger partial charge in [-0.25, -0.2) is 9.97 Å². The predicted molar refractivity (Wildman–Crippen MR) is 115 cm³/mol. The second kappa shape index (κ2) is 6.97. The van der Waals surface area contributed by atoms with Gasteiger partial charge in [-0.1, -0.05) is 6.07 Å². The van der Waals surface area contributed by atoms with Crippen molar-refractivity contribution in [1.82, 2.24) is 24.4 Å². The van der Waals surface area contributed by atoms with Gasteiger partial charge in [-0.15, -0.1) is 0 Å². The van der Waals surface area contributed by atoms with Crippen LogP contribution in [-0.2, 0) is 19.9 Å². The van der Waals surface area contributed by atoms with Crippen LogP contribution in [0.4, 0.5) is 0 Å². The van der Waals surface area contributed by atoms with Crippen LogP contribution in [0.1, 0.15) is 17.1 Å². The van der Waals surface area contributed by atoms with Crippen molar-refractivity contribution in [3.05, 3.63) is 76.4 Å². The molecule has 0 amide bonds. The molecular weight excluding hydrogens is 362 g/mol. The van der Waals surface area contributed by atoms with E-state index in [1.165, 1.54) is 22.2 Å². The van der Waals surface area contributed by atoms with Crippen molar-refractivity contribution in [3.63, 3.8) is 0 Å². The van der Waals surface area contributed by atoms with Crippen molar-refractivity contribution in [2.45, 2.75) is 19.8 Å². The van der Waals surface area contributed by atoms with E-state index in [2.05, 4.69) is 39.0 Å². The van der Waals surface area contributed by atoms with Gasteiger partial charge in [-0.05, 0) is 49.2 Å². The maximum Gasteiger partial charge on any atom is 0.255 e. The molecule has 1 aliphatic rings. The van der Waals surface area contributed by atoms with E-state index >= 15 is 0 Å². The summed E-state index contributed by atoms with van der Waals surface area (Å²) in [6.45, 7) is 3.86. The van der Waals surface area contributed by atoms with E-state index in [-0.39, 0.29) is 5.56 Å². The molecule has 29 heavy (non-hydrogen) atoms. The number of hydrogen-bond donors (Lipinski definition) is 1. The molecule has 1 aromatic carbocycles. The van der Waals surface area contributed by atoms with Crippen molar-refractivity contribution in [1.29, 1.82) is 0 Å². The molecule has 6 nitrogen and oxygen atoms in total. The number of nitrogens with one attached hydrogen (secondary N) is 1. The molecular formula is C23H23N5O. The minimum Gasteiger partial charge on any atom is -0.347 e. The number of benzene rings is 1. The Balaban J connectivity index is 1.58. The first-order valence-corrected chi connectivity index (χ1v) is 9.95. The lowest BCUT2D eigenvalue weighted by atomic mass is 10.1. The fraction of sp³-hybridized carbons (Fsp3) is 0.261. The van der Waals surface area contributed by atoms with E-state index in [4.69, 9.17) is 0 Å². The molecule has 0 saturated carbocycles. The van der Waals surface area contributed by atoms with Gasteiger partial charge in [0.25, 0.3) is 5.56 Å². The van der Waals surface area contributed by atoms with Crippen molar-refractivity contribution in [2.24, 2.45) is 7.05 Å². The summed E-state index contributed by atoms with van der Waals surface area (Å²) in [4.78, 5) is 21.3. The van der Waals surface area contributed by atoms with Crippen LogP contribution in [0.3, 0.4) is 0 Å². The van der Waals surface area contributed by atoms with E-state index in [0.29, 0.717) is 5.82 Å². The monoisotopic (exact) mass is 385 g/mol. The van der Waals surface area contributed by atoms with Crippen LogP contribution in [0.2, 0.25) is 0 Å². The maximum absolute atomic E-state index is 12.8. The molecule has 0 radical (unpaired) electrons. The molecule has 146 valence electrons. The van der Waals surface area contributed by atoms with Crippen LogP contribution in [0.15, 0.2) is 53.7 Å². The lowest BCUT2D eigenvalue weighted by Crippen LogP contribution is -2.17. The number of hydrogen-bond acceptors (Lipinski definition) is 4. The Labute approximate surface area is 168 Å². The van der Waals surface area contributed by atoms with Crippen LogP contribution in [0.25, 0.3) is 27.7 Å². The molecule has 0 fully saturated rings. The standard InChI is InChI=1S/C23H23N5O/c1-15-25-13-17(14-26-15)16-7-10-28(23(29)11-16)18-3-4-19-20-5-8-24-9-6-21(20)27(2)22(19)12-18/h3-4,7,10-14,24H,5-6,8-9H2,1-2H3. The highest BCUT2D eigenvalue weighted by molar-refractivity contribution is 5.87. The van der Waals surface area contributed by atoms with Gasteiger partial charge in [0.15, 0.2) is 0 Å². The lowest BCUT2D eigenvalue weighted by molar-refractivity contribution is 0.699. The highest BCUT2D eigenvalue weighted by Gasteiger charge is 2.17. The summed E-state index contributed by atoms with van der Waals surface area (Å²) in [5.41, 5.74) is 6.48. The molecule has 0 spiro atoms. The van der Waals surface area contributed by atoms with Gasteiger partial charge < -0.3 is 9.88 Å². The quantitative estimate of drug-likeness (QED) is 0.576. The third-order valence-electron chi connectivity index (χ3n) is 5.82. The first-order chi connectivity index (χ1) is 14.1. The Kier molecular flexibility index (Phi) is 4.28. The molecule has 1 aliphatic heterocycles. The Bertz CT molecular complexity index is 1270. The molecule has 0 bridgehead atoms. The third-order valence-corrected chi connectivity index (χ3v) is 5.82. The Morgan fingerprint density at radius 1 is 1.00 bits per heavy atom. The summed E-state index contributed by atoms with van der Waals surface area (Å²) in [5, 5.41) is 4.76. The van der Waals surface area contributed by atoms with Crippen LogP contribution in [0, 0.1) is 6.92 Å². The molecule has 4 aromatic rings. The van der Waals surface area contributed by atoms with Gasteiger partial charge >= 0.3 is 0 Å². The number of pyridine rings is 1. The Morgan fingerprint density at radius 2 is 1.79 bits per heavy atom. The van der Waals surface area contributed by atoms with E-state index in [9.17, 15) is 4.79 Å². The van der Waals surface area contributed by atoms with Gasteiger partial charge in [-0.2, -0.15) is 0 Å². The molecule has 1 N–H and O–H groups in total. The fourth-order valence-corrected chi connectivity index (χ4v) is 4.26. The molecule has 0 saturated heterocycles. The van der Waals surface area contributed by atoms with Crippen molar-refractivity contribution >= 4 is 10.9 Å². The SMILES string of the molecule is Cc1ncc(-c2ccn(-c3ccc4c5c(n(C)c4c3)CCNCC5)c(=O)c2)cn1. The number of aromatic nitrogens is 4. The van der Waals surface area contributed by atoms with E-state index in [1.54, 1.807) is 23.0 Å². The lowest BCUT2D eigenvalue weighted by Gasteiger charge is -2.09. The second-order valence-electron chi connectivity index (χ2n) is 7.58. The molecule has 5 rings (SSSR count). The van der Waals surface area contributed by atoms with Gasteiger partial charge in [0, 0.05) is 61.3 Å². The van der Waals surface area contributed by atoms with E-state index in [1.807, 2.05) is 25.3 Å². The minimum absolute atomic E-state index is 0.0672. The number of aryl methyl sites for hydroxylation is 2. The van der Waals surface area contributed by atoms with Crippen LogP contribution < -0.4 is 10.9 Å². The topological polar surface area (TPSA) is 64.7 Å².